The second kappa shape index (κ2) is 5.12. The van der Waals surface area contributed by atoms with E-state index < -0.39 is 5.97 Å². The molecular formula is C16H14N4O3. The first kappa shape index (κ1) is 13.8. The van der Waals surface area contributed by atoms with Crippen molar-refractivity contribution in [3.63, 3.8) is 0 Å². The largest absolute Gasteiger partial charge is 0.478 e. The summed E-state index contributed by atoms with van der Waals surface area (Å²) in [4.78, 5) is 32.2. The Bertz CT molecular complexity index is 822. The van der Waals surface area contributed by atoms with Crippen LogP contribution in [0.1, 0.15) is 41.2 Å². The fraction of sp³-hybridized carbons (Fsp3) is 0.312. The normalized spacial score (nSPS) is 23.0. The zero-order valence-corrected chi connectivity index (χ0v) is 12.2. The number of nitrogens with zero attached hydrogens (tertiary/aromatic N) is 4. The van der Waals surface area contributed by atoms with E-state index in [-0.39, 0.29) is 23.3 Å². The monoisotopic (exact) mass is 310 g/mol. The van der Waals surface area contributed by atoms with Gasteiger partial charge in [-0.1, -0.05) is 12.1 Å². The number of fused-ring (bicyclic) bond motifs is 2. The topological polar surface area (TPSA) is 97.4 Å². The summed E-state index contributed by atoms with van der Waals surface area (Å²) in [5, 5.41) is 13.3. The van der Waals surface area contributed by atoms with Gasteiger partial charge < -0.3 is 5.11 Å². The van der Waals surface area contributed by atoms with Gasteiger partial charge in [-0.3, -0.25) is 4.79 Å². The van der Waals surface area contributed by atoms with Gasteiger partial charge >= 0.3 is 5.97 Å². The molecule has 0 saturated heterocycles. The molecule has 1 aliphatic carbocycles. The van der Waals surface area contributed by atoms with E-state index in [4.69, 9.17) is 5.11 Å². The second-order valence-electron chi connectivity index (χ2n) is 5.78. The number of hydrogen-bond acceptors (Lipinski definition) is 5. The Labute approximate surface area is 131 Å². The molecular weight excluding hydrogens is 296 g/mol. The molecule has 0 bridgehead atoms. The smallest absolute Gasteiger partial charge is 0.335 e. The molecule has 1 N–H and O–H groups in total. The van der Waals surface area contributed by atoms with E-state index >= 15 is 0 Å². The number of aromatic carboxylic acids is 1. The Morgan fingerprint density at radius 3 is 2.74 bits per heavy atom. The molecule has 2 unspecified atom stereocenters. The second-order valence-corrected chi connectivity index (χ2v) is 5.78. The number of carbonyl (C=O) groups excluding carboxylic acids is 1. The lowest BCUT2D eigenvalue weighted by Gasteiger charge is -2.34. The number of carboxylic acid groups (broad SMARTS) is 1. The number of aliphatic imine (C=N–C) groups is 1. The first-order chi connectivity index (χ1) is 11.1. The molecule has 2 atom stereocenters. The number of carbonyl (C=O) groups is 2. The summed E-state index contributed by atoms with van der Waals surface area (Å²) in [7, 11) is 0. The van der Waals surface area contributed by atoms with Crippen LogP contribution in [0.2, 0.25) is 0 Å². The molecule has 2 aliphatic rings. The first-order valence-electron chi connectivity index (χ1n) is 7.48. The van der Waals surface area contributed by atoms with Gasteiger partial charge in [-0.25, -0.2) is 14.5 Å². The van der Waals surface area contributed by atoms with Crippen molar-refractivity contribution in [2.24, 2.45) is 10.9 Å². The van der Waals surface area contributed by atoms with Crippen molar-refractivity contribution in [3.05, 3.63) is 41.7 Å². The summed E-state index contributed by atoms with van der Waals surface area (Å²) in [6.45, 7) is 0. The zero-order valence-electron chi connectivity index (χ0n) is 12.2. The van der Waals surface area contributed by atoms with Crippen LogP contribution in [0.4, 0.5) is 5.95 Å². The van der Waals surface area contributed by atoms with Gasteiger partial charge in [0, 0.05) is 12.1 Å². The molecule has 2 heterocycles. The molecule has 1 fully saturated rings. The molecule has 1 aromatic carbocycles. The Morgan fingerprint density at radius 2 is 2.00 bits per heavy atom. The number of ketones is 1. The summed E-state index contributed by atoms with van der Waals surface area (Å²) in [6, 6.07) is 6.27. The highest BCUT2D eigenvalue weighted by Crippen LogP contribution is 2.39. The fourth-order valence-corrected chi connectivity index (χ4v) is 3.37. The van der Waals surface area contributed by atoms with Gasteiger partial charge in [0.2, 0.25) is 5.95 Å². The zero-order chi connectivity index (χ0) is 16.0. The van der Waals surface area contributed by atoms with Gasteiger partial charge in [0.25, 0.3) is 0 Å². The van der Waals surface area contributed by atoms with Crippen molar-refractivity contribution in [1.82, 2.24) is 14.8 Å². The SMILES string of the molecule is O=C(O)c1ccc(C2C3C(=O)CCCC3=Nc3ncnn32)cc1. The molecule has 4 rings (SSSR count). The molecule has 23 heavy (non-hydrogen) atoms. The highest BCUT2D eigenvalue weighted by Gasteiger charge is 2.41. The molecule has 2 aromatic rings. The molecule has 1 saturated carbocycles. The number of carboxylic acids is 1. The van der Waals surface area contributed by atoms with Gasteiger partial charge in [-0.15, -0.1) is 0 Å². The molecule has 1 aliphatic heterocycles. The molecule has 1 aromatic heterocycles. The summed E-state index contributed by atoms with van der Waals surface area (Å²) < 4.78 is 1.66. The van der Waals surface area contributed by atoms with Crippen LogP contribution in [0.3, 0.4) is 0 Å². The maximum absolute atomic E-state index is 12.5. The Hall–Kier alpha value is -2.83. The summed E-state index contributed by atoms with van der Waals surface area (Å²) in [5.74, 6) is -0.659. The van der Waals surface area contributed by atoms with Crippen LogP contribution in [0.25, 0.3) is 0 Å². The average molecular weight is 310 g/mol. The third-order valence-electron chi connectivity index (χ3n) is 4.44. The number of hydrogen-bond donors (Lipinski definition) is 1. The van der Waals surface area contributed by atoms with Crippen molar-refractivity contribution in [1.29, 1.82) is 0 Å². The van der Waals surface area contributed by atoms with Crippen LogP contribution in [-0.2, 0) is 4.79 Å². The van der Waals surface area contributed by atoms with E-state index in [0.29, 0.717) is 12.4 Å². The van der Waals surface area contributed by atoms with Gasteiger partial charge in [0.05, 0.1) is 17.5 Å². The molecule has 0 spiro atoms. The van der Waals surface area contributed by atoms with Gasteiger partial charge in [-0.2, -0.15) is 10.1 Å². The van der Waals surface area contributed by atoms with Crippen LogP contribution in [-0.4, -0.2) is 37.3 Å². The summed E-state index contributed by atoms with van der Waals surface area (Å²) >= 11 is 0. The Balaban J connectivity index is 1.83. The van der Waals surface area contributed by atoms with Crippen molar-refractivity contribution >= 4 is 23.4 Å². The third kappa shape index (κ3) is 2.16. The number of rotatable bonds is 2. The molecule has 0 radical (unpaired) electrons. The highest BCUT2D eigenvalue weighted by atomic mass is 16.4. The van der Waals surface area contributed by atoms with E-state index in [1.807, 2.05) is 0 Å². The quantitative estimate of drug-likeness (QED) is 0.915. The number of benzene rings is 1. The Kier molecular flexibility index (Phi) is 3.07. The number of aromatic nitrogens is 3. The van der Waals surface area contributed by atoms with Crippen LogP contribution in [0, 0.1) is 5.92 Å². The molecule has 7 heteroatoms. The molecule has 7 nitrogen and oxygen atoms in total. The van der Waals surface area contributed by atoms with E-state index in [1.54, 1.807) is 28.9 Å². The lowest BCUT2D eigenvalue weighted by atomic mass is 9.77. The van der Waals surface area contributed by atoms with Gasteiger partial charge in [-0.05, 0) is 30.5 Å². The summed E-state index contributed by atoms with van der Waals surface area (Å²) in [6.07, 6.45) is 3.57. The first-order valence-corrected chi connectivity index (χ1v) is 7.48. The predicted molar refractivity (Wildman–Crippen MR) is 81.0 cm³/mol. The fourth-order valence-electron chi connectivity index (χ4n) is 3.37. The van der Waals surface area contributed by atoms with Crippen LogP contribution in [0.15, 0.2) is 35.6 Å². The Morgan fingerprint density at radius 1 is 1.22 bits per heavy atom. The maximum Gasteiger partial charge on any atom is 0.335 e. The molecule has 0 amide bonds. The minimum Gasteiger partial charge on any atom is -0.478 e. The van der Waals surface area contributed by atoms with Crippen LogP contribution >= 0.6 is 0 Å². The van der Waals surface area contributed by atoms with E-state index in [0.717, 1.165) is 24.1 Å². The summed E-state index contributed by atoms with van der Waals surface area (Å²) in [5.41, 5.74) is 1.91. The third-order valence-corrected chi connectivity index (χ3v) is 4.44. The lowest BCUT2D eigenvalue weighted by Crippen LogP contribution is -2.39. The highest BCUT2D eigenvalue weighted by molar-refractivity contribution is 6.09. The van der Waals surface area contributed by atoms with Gasteiger partial charge in [0.15, 0.2) is 0 Å². The van der Waals surface area contributed by atoms with Crippen molar-refractivity contribution in [2.75, 3.05) is 0 Å². The number of Topliss-reactive ketones (excluding diaryl/α,β-unsaturated/α-hetero) is 1. The standard InChI is InChI=1S/C16H14N4O3/c21-12-3-1-2-11-13(12)14(20-16(19-11)17-8-18-20)9-4-6-10(7-5-9)15(22)23/h4-8,13-14H,1-3H2,(H,22,23). The van der Waals surface area contributed by atoms with E-state index in [1.165, 1.54) is 6.33 Å². The molecule has 116 valence electrons. The van der Waals surface area contributed by atoms with Crippen LogP contribution < -0.4 is 0 Å². The average Bonchev–Trinajstić information content (AvgIpc) is 3.01. The van der Waals surface area contributed by atoms with Crippen molar-refractivity contribution < 1.29 is 14.7 Å². The van der Waals surface area contributed by atoms with Crippen molar-refractivity contribution in [2.45, 2.75) is 25.3 Å². The van der Waals surface area contributed by atoms with Crippen molar-refractivity contribution in [3.8, 4) is 0 Å². The van der Waals surface area contributed by atoms with Gasteiger partial charge in [0.1, 0.15) is 12.1 Å². The minimum atomic E-state index is -0.974. The maximum atomic E-state index is 12.5. The predicted octanol–water partition coefficient (Wildman–Crippen LogP) is 2.02. The lowest BCUT2D eigenvalue weighted by molar-refractivity contribution is -0.122. The van der Waals surface area contributed by atoms with Crippen LogP contribution in [0.5, 0.6) is 0 Å². The van der Waals surface area contributed by atoms with E-state index in [2.05, 4.69) is 15.1 Å². The minimum absolute atomic E-state index is 0.156. The van der Waals surface area contributed by atoms with E-state index in [9.17, 15) is 9.59 Å².